The Balaban J connectivity index is 1.69. The van der Waals surface area contributed by atoms with Crippen molar-refractivity contribution in [2.24, 2.45) is 4.99 Å². The van der Waals surface area contributed by atoms with Gasteiger partial charge in [0.2, 0.25) is 0 Å². The maximum absolute atomic E-state index is 4.53. The van der Waals surface area contributed by atoms with E-state index in [1.54, 1.807) is 18.4 Å². The van der Waals surface area contributed by atoms with E-state index in [0.29, 0.717) is 6.54 Å². The van der Waals surface area contributed by atoms with Gasteiger partial charge >= 0.3 is 0 Å². The quantitative estimate of drug-likeness (QED) is 0.363. The molecule has 0 amide bonds. The SMILES string of the molecule is CN=C(NCCSc1ccc(C)cc1)NCc1nc(C)c(C)s1. The average Bonchev–Trinajstić information content (AvgIpc) is 2.87. The Kier molecular flexibility index (Phi) is 6.92. The van der Waals surface area contributed by atoms with Crippen LogP contribution in [0.15, 0.2) is 34.2 Å². The molecular formula is C17H24N4S2. The molecule has 0 fully saturated rings. The minimum atomic E-state index is 0.712. The van der Waals surface area contributed by atoms with Crippen molar-refractivity contribution in [2.45, 2.75) is 32.2 Å². The first-order valence-corrected chi connectivity index (χ1v) is 9.45. The second-order valence-corrected chi connectivity index (χ2v) is 7.72. The summed E-state index contributed by atoms with van der Waals surface area (Å²) in [5.41, 5.74) is 2.41. The summed E-state index contributed by atoms with van der Waals surface area (Å²) in [6, 6.07) is 8.63. The van der Waals surface area contributed by atoms with Crippen molar-refractivity contribution >= 4 is 29.1 Å². The molecule has 4 nitrogen and oxygen atoms in total. The minimum Gasteiger partial charge on any atom is -0.356 e. The fraction of sp³-hybridized carbons (Fsp3) is 0.412. The number of thiazole rings is 1. The van der Waals surface area contributed by atoms with Crippen LogP contribution in [0.4, 0.5) is 0 Å². The molecule has 0 aliphatic heterocycles. The molecular weight excluding hydrogens is 324 g/mol. The molecule has 23 heavy (non-hydrogen) atoms. The van der Waals surface area contributed by atoms with Crippen LogP contribution in [-0.2, 0) is 6.54 Å². The van der Waals surface area contributed by atoms with E-state index in [9.17, 15) is 0 Å². The number of aryl methyl sites for hydroxylation is 3. The Morgan fingerprint density at radius 1 is 1.17 bits per heavy atom. The fourth-order valence-corrected chi connectivity index (χ4v) is 3.61. The van der Waals surface area contributed by atoms with E-state index >= 15 is 0 Å². The van der Waals surface area contributed by atoms with Gasteiger partial charge in [0.05, 0.1) is 12.2 Å². The van der Waals surface area contributed by atoms with Crippen molar-refractivity contribution in [1.82, 2.24) is 15.6 Å². The first-order valence-electron chi connectivity index (χ1n) is 7.65. The third kappa shape index (κ3) is 5.88. The molecule has 1 heterocycles. The molecule has 0 aliphatic rings. The van der Waals surface area contributed by atoms with Crippen LogP contribution in [0.2, 0.25) is 0 Å². The Bertz CT molecular complexity index is 628. The van der Waals surface area contributed by atoms with Crippen molar-refractivity contribution in [3.05, 3.63) is 45.4 Å². The second-order valence-electron chi connectivity index (χ2n) is 5.26. The molecule has 0 aliphatic carbocycles. The van der Waals surface area contributed by atoms with Gasteiger partial charge in [0.25, 0.3) is 0 Å². The van der Waals surface area contributed by atoms with Gasteiger partial charge in [0.15, 0.2) is 5.96 Å². The number of hydrogen-bond donors (Lipinski definition) is 2. The molecule has 0 radical (unpaired) electrons. The van der Waals surface area contributed by atoms with Crippen LogP contribution in [-0.4, -0.2) is 30.3 Å². The summed E-state index contributed by atoms with van der Waals surface area (Å²) in [5.74, 6) is 1.82. The lowest BCUT2D eigenvalue weighted by atomic mass is 10.2. The van der Waals surface area contributed by atoms with E-state index in [4.69, 9.17) is 0 Å². The van der Waals surface area contributed by atoms with E-state index in [-0.39, 0.29) is 0 Å². The van der Waals surface area contributed by atoms with E-state index < -0.39 is 0 Å². The van der Waals surface area contributed by atoms with E-state index in [1.165, 1.54) is 15.3 Å². The topological polar surface area (TPSA) is 49.3 Å². The fourth-order valence-electron chi connectivity index (χ4n) is 1.97. The van der Waals surface area contributed by atoms with Gasteiger partial charge in [-0.25, -0.2) is 4.98 Å². The summed E-state index contributed by atoms with van der Waals surface area (Å²) < 4.78 is 0. The molecule has 1 aromatic carbocycles. The van der Waals surface area contributed by atoms with Gasteiger partial charge in [0.1, 0.15) is 5.01 Å². The highest BCUT2D eigenvalue weighted by atomic mass is 32.2. The van der Waals surface area contributed by atoms with Crippen molar-refractivity contribution in [3.8, 4) is 0 Å². The molecule has 2 N–H and O–H groups in total. The number of benzene rings is 1. The summed E-state index contributed by atoms with van der Waals surface area (Å²) in [6.07, 6.45) is 0. The molecule has 0 saturated heterocycles. The van der Waals surface area contributed by atoms with Crippen LogP contribution < -0.4 is 10.6 Å². The van der Waals surface area contributed by atoms with Gasteiger partial charge in [-0.3, -0.25) is 4.99 Å². The zero-order valence-corrected chi connectivity index (χ0v) is 15.8. The summed E-state index contributed by atoms with van der Waals surface area (Å²) in [4.78, 5) is 11.4. The number of nitrogens with zero attached hydrogens (tertiary/aromatic N) is 2. The van der Waals surface area contributed by atoms with Crippen LogP contribution in [0.1, 0.15) is 21.1 Å². The highest BCUT2D eigenvalue weighted by Crippen LogP contribution is 2.17. The third-order valence-electron chi connectivity index (χ3n) is 3.39. The Morgan fingerprint density at radius 2 is 1.91 bits per heavy atom. The Hall–Kier alpha value is -1.53. The standard InChI is InChI=1S/C17H24N4S2/c1-12-5-7-15(8-6-12)22-10-9-19-17(18-4)20-11-16-21-13(2)14(3)23-16/h5-8H,9-11H2,1-4H3,(H2,18,19,20). The van der Waals surface area contributed by atoms with Crippen molar-refractivity contribution < 1.29 is 0 Å². The first kappa shape index (κ1) is 17.8. The molecule has 2 rings (SSSR count). The second kappa shape index (κ2) is 8.93. The zero-order valence-electron chi connectivity index (χ0n) is 14.1. The third-order valence-corrected chi connectivity index (χ3v) is 5.47. The predicted molar refractivity (Wildman–Crippen MR) is 102 cm³/mol. The molecule has 124 valence electrons. The molecule has 1 aromatic heterocycles. The lowest BCUT2D eigenvalue weighted by Gasteiger charge is -2.10. The summed E-state index contributed by atoms with van der Waals surface area (Å²) in [6.45, 7) is 7.84. The zero-order chi connectivity index (χ0) is 16.7. The number of nitrogens with one attached hydrogen (secondary N) is 2. The highest BCUT2D eigenvalue weighted by Gasteiger charge is 2.04. The van der Waals surface area contributed by atoms with Gasteiger partial charge in [-0.15, -0.1) is 23.1 Å². The van der Waals surface area contributed by atoms with E-state index in [0.717, 1.165) is 29.0 Å². The number of rotatable bonds is 6. The smallest absolute Gasteiger partial charge is 0.191 e. The number of aliphatic imine (C=N–C) groups is 1. The molecule has 2 aromatic rings. The van der Waals surface area contributed by atoms with Crippen molar-refractivity contribution in [3.63, 3.8) is 0 Å². The van der Waals surface area contributed by atoms with Gasteiger partial charge in [-0.05, 0) is 32.9 Å². The van der Waals surface area contributed by atoms with Crippen LogP contribution in [0.25, 0.3) is 0 Å². The van der Waals surface area contributed by atoms with Crippen LogP contribution in [0.3, 0.4) is 0 Å². The molecule has 0 spiro atoms. The molecule has 0 unspecified atom stereocenters. The van der Waals surface area contributed by atoms with Gasteiger partial charge in [-0.1, -0.05) is 17.7 Å². The largest absolute Gasteiger partial charge is 0.356 e. The van der Waals surface area contributed by atoms with Crippen molar-refractivity contribution in [1.29, 1.82) is 0 Å². The number of hydrogen-bond acceptors (Lipinski definition) is 4. The summed E-state index contributed by atoms with van der Waals surface area (Å²) in [7, 11) is 1.79. The van der Waals surface area contributed by atoms with Gasteiger partial charge in [0, 0.05) is 29.1 Å². The monoisotopic (exact) mass is 348 g/mol. The Labute approximate surface area is 146 Å². The minimum absolute atomic E-state index is 0.712. The maximum atomic E-state index is 4.53. The van der Waals surface area contributed by atoms with Crippen LogP contribution in [0, 0.1) is 20.8 Å². The predicted octanol–water partition coefficient (Wildman–Crippen LogP) is 3.53. The summed E-state index contributed by atoms with van der Waals surface area (Å²) in [5, 5.41) is 7.74. The van der Waals surface area contributed by atoms with Crippen LogP contribution in [0.5, 0.6) is 0 Å². The Morgan fingerprint density at radius 3 is 2.52 bits per heavy atom. The van der Waals surface area contributed by atoms with E-state index in [2.05, 4.69) is 58.7 Å². The maximum Gasteiger partial charge on any atom is 0.191 e. The normalized spacial score (nSPS) is 11.6. The molecule has 0 bridgehead atoms. The van der Waals surface area contributed by atoms with Gasteiger partial charge in [-0.2, -0.15) is 0 Å². The summed E-state index contributed by atoms with van der Waals surface area (Å²) >= 11 is 3.58. The highest BCUT2D eigenvalue weighted by molar-refractivity contribution is 7.99. The molecule has 0 saturated carbocycles. The van der Waals surface area contributed by atoms with E-state index in [1.807, 2.05) is 18.7 Å². The lowest BCUT2D eigenvalue weighted by molar-refractivity contribution is 0.824. The first-order chi connectivity index (χ1) is 11.1. The van der Waals surface area contributed by atoms with Gasteiger partial charge < -0.3 is 10.6 Å². The lowest BCUT2D eigenvalue weighted by Crippen LogP contribution is -2.37. The average molecular weight is 349 g/mol. The van der Waals surface area contributed by atoms with Crippen LogP contribution >= 0.6 is 23.1 Å². The molecule has 6 heteroatoms. The molecule has 0 atom stereocenters. The number of guanidine groups is 1. The number of thioether (sulfide) groups is 1. The van der Waals surface area contributed by atoms with Crippen molar-refractivity contribution in [2.75, 3.05) is 19.3 Å². The number of aromatic nitrogens is 1.